The summed E-state index contributed by atoms with van der Waals surface area (Å²) in [7, 11) is 0. The monoisotopic (exact) mass is 465 g/mol. The number of hydrogen-bond donors (Lipinski definition) is 1. The minimum atomic E-state index is -1.05. The van der Waals surface area contributed by atoms with E-state index in [9.17, 15) is 14.7 Å². The first-order valence-corrected chi connectivity index (χ1v) is 11.2. The van der Waals surface area contributed by atoms with Crippen LogP contribution in [0.1, 0.15) is 30.9 Å². The summed E-state index contributed by atoms with van der Waals surface area (Å²) in [5.74, 6) is -0.193. The molecule has 0 aliphatic carbocycles. The Morgan fingerprint density at radius 1 is 1.25 bits per heavy atom. The molecule has 1 fully saturated rings. The number of carbonyl (C=O) groups is 2. The number of hydrogen-bond acceptors (Lipinski definition) is 5. The maximum absolute atomic E-state index is 12.9. The molecule has 0 unspecified atom stereocenters. The molecule has 7 heteroatoms. The van der Waals surface area contributed by atoms with Crippen molar-refractivity contribution in [3.8, 4) is 0 Å². The highest BCUT2D eigenvalue weighted by molar-refractivity contribution is 8.26. The van der Waals surface area contributed by atoms with Gasteiger partial charge in [-0.15, -0.1) is 0 Å². The fourth-order valence-electron chi connectivity index (χ4n) is 3.37. The highest BCUT2D eigenvalue weighted by Gasteiger charge is 2.32. The van der Waals surface area contributed by atoms with Gasteiger partial charge in [0.2, 0.25) is 0 Å². The first kappa shape index (κ1) is 23.5. The van der Waals surface area contributed by atoms with Crippen molar-refractivity contribution >= 4 is 51.8 Å². The average Bonchev–Trinajstić information content (AvgIpc) is 3.33. The van der Waals surface area contributed by atoms with Crippen molar-refractivity contribution in [2.45, 2.75) is 20.3 Å². The molecule has 2 heterocycles. The van der Waals surface area contributed by atoms with Crippen molar-refractivity contribution in [2.24, 2.45) is 0 Å². The Morgan fingerprint density at radius 3 is 2.59 bits per heavy atom. The molecule has 3 rings (SSSR count). The Bertz CT molecular complexity index is 1160. The van der Waals surface area contributed by atoms with Crippen LogP contribution in [0.15, 0.2) is 81.7 Å². The number of thiocarbonyl (C=S) groups is 1. The number of carboxylic acid groups (broad SMARTS) is 1. The quantitative estimate of drug-likeness (QED) is 0.306. The van der Waals surface area contributed by atoms with Crippen LogP contribution >= 0.6 is 24.0 Å². The summed E-state index contributed by atoms with van der Waals surface area (Å²) in [4.78, 5) is 26.4. The van der Waals surface area contributed by atoms with E-state index in [1.165, 1.54) is 17.8 Å². The summed E-state index contributed by atoms with van der Waals surface area (Å²) < 4.78 is 6.43. The van der Waals surface area contributed by atoms with Crippen LogP contribution < -0.4 is 0 Å². The molecule has 0 atom stereocenters. The Labute approximate surface area is 196 Å². The van der Waals surface area contributed by atoms with Gasteiger partial charge in [-0.05, 0) is 43.5 Å². The molecule has 0 radical (unpaired) electrons. The summed E-state index contributed by atoms with van der Waals surface area (Å²) in [5.41, 5.74) is 2.44. The van der Waals surface area contributed by atoms with Crippen LogP contribution in [0, 0.1) is 0 Å². The topological polar surface area (TPSA) is 70.8 Å². The summed E-state index contributed by atoms with van der Waals surface area (Å²) in [5, 5.41) is 9.37. The van der Waals surface area contributed by atoms with Crippen LogP contribution in [-0.2, 0) is 16.0 Å². The average molecular weight is 466 g/mol. The zero-order chi connectivity index (χ0) is 23.3. The van der Waals surface area contributed by atoms with Crippen molar-refractivity contribution in [2.75, 3.05) is 6.54 Å². The molecular formula is C25H23NO4S2. The minimum Gasteiger partial charge on any atom is -0.478 e. The fraction of sp³-hybridized carbons (Fsp3) is 0.160. The van der Waals surface area contributed by atoms with Gasteiger partial charge in [-0.1, -0.05) is 73.0 Å². The van der Waals surface area contributed by atoms with E-state index >= 15 is 0 Å². The molecule has 1 amide bonds. The molecule has 2 aromatic rings. The van der Waals surface area contributed by atoms with Gasteiger partial charge in [0.1, 0.15) is 15.8 Å². The summed E-state index contributed by atoms with van der Waals surface area (Å²) in [6, 6.07) is 13.4. The highest BCUT2D eigenvalue weighted by Crippen LogP contribution is 2.34. The molecular weight excluding hydrogens is 442 g/mol. The second kappa shape index (κ2) is 10.4. The minimum absolute atomic E-state index is 0.107. The van der Waals surface area contributed by atoms with Crippen molar-refractivity contribution in [1.29, 1.82) is 0 Å². The first-order valence-electron chi connectivity index (χ1n) is 9.98. The molecule has 0 spiro atoms. The zero-order valence-corrected chi connectivity index (χ0v) is 19.5. The lowest BCUT2D eigenvalue weighted by Crippen LogP contribution is -2.30. The number of carboxylic acids is 1. The van der Waals surface area contributed by atoms with E-state index in [-0.39, 0.29) is 11.5 Å². The van der Waals surface area contributed by atoms with Gasteiger partial charge in [0.05, 0.1) is 10.5 Å². The van der Waals surface area contributed by atoms with Crippen molar-refractivity contribution < 1.29 is 19.1 Å². The van der Waals surface area contributed by atoms with E-state index in [4.69, 9.17) is 16.6 Å². The SMILES string of the molecule is C=C/C(C(=O)O)=C(C)\C(=C/C)c1ccc(/C=C2\SC(=S)N(CCc3ccccc3)C2=O)o1. The number of benzene rings is 1. The van der Waals surface area contributed by atoms with Crippen LogP contribution in [0.4, 0.5) is 0 Å². The number of allylic oxidation sites excluding steroid dienone is 3. The summed E-state index contributed by atoms with van der Waals surface area (Å²) >= 11 is 6.66. The summed E-state index contributed by atoms with van der Waals surface area (Å²) in [6.45, 7) is 7.61. The van der Waals surface area contributed by atoms with E-state index in [0.29, 0.717) is 38.4 Å². The predicted octanol–water partition coefficient (Wildman–Crippen LogP) is 5.71. The van der Waals surface area contributed by atoms with Gasteiger partial charge in [0.15, 0.2) is 0 Å². The van der Waals surface area contributed by atoms with Gasteiger partial charge < -0.3 is 9.52 Å². The first-order chi connectivity index (χ1) is 15.3. The molecule has 1 aliphatic rings. The molecule has 1 aromatic heterocycles. The lowest BCUT2D eigenvalue weighted by Gasteiger charge is -2.14. The van der Waals surface area contributed by atoms with Gasteiger partial charge in [-0.25, -0.2) is 4.79 Å². The third-order valence-corrected chi connectivity index (χ3v) is 6.42. The number of amides is 1. The van der Waals surface area contributed by atoms with Gasteiger partial charge in [0.25, 0.3) is 5.91 Å². The second-order valence-corrected chi connectivity index (χ2v) is 8.70. The standard InChI is InChI=1S/C25H23NO4S2/c1-4-19(16(3)20(5-2)24(28)29)21-12-11-18(30-21)15-22-23(27)26(25(31)32-22)14-13-17-9-7-6-8-10-17/h4-12,15H,2,13-14H2,1,3H3,(H,28,29)/b19-4+,20-16+,22-15-. The molecule has 164 valence electrons. The third kappa shape index (κ3) is 5.18. The van der Waals surface area contributed by atoms with Crippen LogP contribution in [-0.4, -0.2) is 32.7 Å². The van der Waals surface area contributed by atoms with Gasteiger partial charge in [0, 0.05) is 18.2 Å². The molecule has 0 bridgehead atoms. The zero-order valence-electron chi connectivity index (χ0n) is 17.8. The number of thioether (sulfide) groups is 1. The Morgan fingerprint density at radius 2 is 1.97 bits per heavy atom. The molecule has 5 nitrogen and oxygen atoms in total. The smallest absolute Gasteiger partial charge is 0.335 e. The van der Waals surface area contributed by atoms with E-state index < -0.39 is 5.97 Å². The van der Waals surface area contributed by atoms with E-state index in [1.807, 2.05) is 30.3 Å². The Hall–Kier alpha value is -3.16. The molecule has 1 N–H and O–H groups in total. The van der Waals surface area contributed by atoms with Crippen molar-refractivity contribution in [3.63, 3.8) is 0 Å². The van der Waals surface area contributed by atoms with Gasteiger partial charge in [-0.3, -0.25) is 9.69 Å². The Kier molecular flexibility index (Phi) is 7.66. The number of nitrogens with zero attached hydrogens (tertiary/aromatic N) is 1. The van der Waals surface area contributed by atoms with Gasteiger partial charge >= 0.3 is 5.97 Å². The highest BCUT2D eigenvalue weighted by atomic mass is 32.2. The predicted molar refractivity (Wildman–Crippen MR) is 133 cm³/mol. The third-order valence-electron chi connectivity index (χ3n) is 5.04. The fourth-order valence-corrected chi connectivity index (χ4v) is 4.66. The number of rotatable bonds is 8. The van der Waals surface area contributed by atoms with Crippen LogP contribution in [0.3, 0.4) is 0 Å². The lowest BCUT2D eigenvalue weighted by atomic mass is 9.99. The van der Waals surface area contributed by atoms with E-state index in [1.54, 1.807) is 43.0 Å². The molecule has 32 heavy (non-hydrogen) atoms. The van der Waals surface area contributed by atoms with Crippen LogP contribution in [0.5, 0.6) is 0 Å². The molecule has 1 aromatic carbocycles. The molecule has 0 saturated carbocycles. The Balaban J connectivity index is 1.78. The van der Waals surface area contributed by atoms with E-state index in [0.717, 1.165) is 12.0 Å². The number of furan rings is 1. The number of aliphatic carboxylic acids is 1. The largest absolute Gasteiger partial charge is 0.478 e. The second-order valence-electron chi connectivity index (χ2n) is 7.02. The van der Waals surface area contributed by atoms with Crippen molar-refractivity contribution in [3.05, 3.63) is 94.3 Å². The molecule has 1 saturated heterocycles. The maximum atomic E-state index is 12.9. The molecule has 1 aliphatic heterocycles. The normalized spacial score (nSPS) is 16.5. The maximum Gasteiger partial charge on any atom is 0.335 e. The van der Waals surface area contributed by atoms with Gasteiger partial charge in [-0.2, -0.15) is 0 Å². The number of carbonyl (C=O) groups excluding carboxylic acids is 1. The van der Waals surface area contributed by atoms with Crippen LogP contribution in [0.25, 0.3) is 11.6 Å². The lowest BCUT2D eigenvalue weighted by molar-refractivity contribution is -0.132. The van der Waals surface area contributed by atoms with Crippen LogP contribution in [0.2, 0.25) is 0 Å². The summed E-state index contributed by atoms with van der Waals surface area (Å²) in [6.07, 6.45) is 5.49. The van der Waals surface area contributed by atoms with E-state index in [2.05, 4.69) is 6.58 Å². The van der Waals surface area contributed by atoms with Crippen molar-refractivity contribution in [1.82, 2.24) is 4.90 Å².